The molecule has 1 heterocycles. The van der Waals surface area contributed by atoms with E-state index in [2.05, 4.69) is 0 Å². The number of carbonyl (C=O) groups is 1. The monoisotopic (exact) mass is 266 g/mol. The number of aryl methyl sites for hydroxylation is 1. The molecule has 0 aliphatic carbocycles. The van der Waals surface area contributed by atoms with E-state index in [1.807, 2.05) is 0 Å². The van der Waals surface area contributed by atoms with Crippen molar-refractivity contribution in [2.45, 2.75) is 0 Å². The van der Waals surface area contributed by atoms with Gasteiger partial charge in [0.1, 0.15) is 0 Å². The van der Waals surface area contributed by atoms with E-state index in [9.17, 15) is 24.1 Å². The zero-order valence-electron chi connectivity index (χ0n) is 9.58. The summed E-state index contributed by atoms with van der Waals surface area (Å²) in [6, 6.07) is 2.38. The standard InChI is InChI=1S/C11H7FN2O5/c1-13-9(15)4-7(11(16)17)6-2-5(14(18)19)3-8(12)10(6)13/h2-4H,1H3,(H,16,17). The zero-order chi connectivity index (χ0) is 14.3. The number of hydrogen-bond acceptors (Lipinski definition) is 4. The molecule has 98 valence electrons. The lowest BCUT2D eigenvalue weighted by Crippen LogP contribution is -2.19. The lowest BCUT2D eigenvalue weighted by Gasteiger charge is -2.08. The predicted octanol–water partition coefficient (Wildman–Crippen LogP) is 1.28. The van der Waals surface area contributed by atoms with Gasteiger partial charge in [-0.15, -0.1) is 0 Å². The molecule has 0 saturated heterocycles. The van der Waals surface area contributed by atoms with Crippen molar-refractivity contribution in [3.8, 4) is 0 Å². The number of carboxylic acids is 1. The summed E-state index contributed by atoms with van der Waals surface area (Å²) in [6.07, 6.45) is 0. The van der Waals surface area contributed by atoms with Gasteiger partial charge in [-0.25, -0.2) is 9.18 Å². The number of aromatic carboxylic acids is 1. The number of hydrogen-bond donors (Lipinski definition) is 1. The molecule has 8 heteroatoms. The van der Waals surface area contributed by atoms with Crippen molar-refractivity contribution < 1.29 is 19.2 Å². The molecule has 0 radical (unpaired) electrons. The number of nitro groups is 1. The minimum absolute atomic E-state index is 0.193. The molecule has 2 aromatic rings. The fourth-order valence-corrected chi connectivity index (χ4v) is 1.82. The molecule has 0 saturated carbocycles. The van der Waals surface area contributed by atoms with Gasteiger partial charge in [-0.3, -0.25) is 14.9 Å². The number of rotatable bonds is 2. The Morgan fingerprint density at radius 1 is 1.42 bits per heavy atom. The van der Waals surface area contributed by atoms with E-state index in [0.29, 0.717) is 6.07 Å². The Hall–Kier alpha value is -2.77. The lowest BCUT2D eigenvalue weighted by atomic mass is 10.1. The topological polar surface area (TPSA) is 102 Å². The molecule has 0 bridgehead atoms. The van der Waals surface area contributed by atoms with Gasteiger partial charge in [0.15, 0.2) is 5.82 Å². The van der Waals surface area contributed by atoms with Crippen LogP contribution in [-0.4, -0.2) is 20.6 Å². The predicted molar refractivity (Wildman–Crippen MR) is 62.8 cm³/mol. The van der Waals surface area contributed by atoms with Crippen LogP contribution >= 0.6 is 0 Å². The number of aromatic nitrogens is 1. The van der Waals surface area contributed by atoms with Crippen LogP contribution in [0.1, 0.15) is 10.4 Å². The maximum absolute atomic E-state index is 13.8. The van der Waals surface area contributed by atoms with Crippen molar-refractivity contribution in [1.29, 1.82) is 0 Å². The molecule has 1 aromatic heterocycles. The minimum atomic E-state index is -1.46. The van der Waals surface area contributed by atoms with Gasteiger partial charge in [-0.2, -0.15) is 0 Å². The first kappa shape index (κ1) is 12.7. The molecule has 19 heavy (non-hydrogen) atoms. The number of pyridine rings is 1. The van der Waals surface area contributed by atoms with Crippen molar-refractivity contribution in [3.05, 3.63) is 50.0 Å². The molecule has 0 aliphatic rings. The summed E-state index contributed by atoms with van der Waals surface area (Å²) in [5.74, 6) is -2.48. The van der Waals surface area contributed by atoms with E-state index < -0.39 is 33.5 Å². The summed E-state index contributed by atoms with van der Waals surface area (Å²) in [7, 11) is 1.26. The average molecular weight is 266 g/mol. The summed E-state index contributed by atoms with van der Waals surface area (Å²) in [6.45, 7) is 0. The van der Waals surface area contributed by atoms with E-state index in [0.717, 1.165) is 16.7 Å². The van der Waals surface area contributed by atoms with Gasteiger partial charge in [0.25, 0.3) is 11.2 Å². The number of carboxylic acid groups (broad SMARTS) is 1. The summed E-state index contributed by atoms with van der Waals surface area (Å²) in [5.41, 5.74) is -2.04. The van der Waals surface area contributed by atoms with Crippen LogP contribution in [0.3, 0.4) is 0 Å². The number of benzene rings is 1. The van der Waals surface area contributed by atoms with Gasteiger partial charge in [-0.05, 0) is 0 Å². The van der Waals surface area contributed by atoms with Crippen molar-refractivity contribution in [1.82, 2.24) is 4.57 Å². The van der Waals surface area contributed by atoms with Crippen molar-refractivity contribution in [3.63, 3.8) is 0 Å². The molecular formula is C11H7FN2O5. The Balaban J connectivity index is 3.05. The Labute approximate surface area is 104 Å². The highest BCUT2D eigenvalue weighted by Crippen LogP contribution is 2.25. The molecule has 7 nitrogen and oxygen atoms in total. The maximum Gasteiger partial charge on any atom is 0.336 e. The third kappa shape index (κ3) is 1.92. The first-order valence-corrected chi connectivity index (χ1v) is 5.04. The van der Waals surface area contributed by atoms with Gasteiger partial charge < -0.3 is 9.67 Å². The molecule has 0 aliphatic heterocycles. The van der Waals surface area contributed by atoms with Gasteiger partial charge in [0.05, 0.1) is 22.1 Å². The Morgan fingerprint density at radius 3 is 2.58 bits per heavy atom. The van der Waals surface area contributed by atoms with Crippen LogP contribution in [0.2, 0.25) is 0 Å². The SMILES string of the molecule is Cn1c(=O)cc(C(=O)O)c2cc([N+](=O)[O-])cc(F)c21. The quantitative estimate of drug-likeness (QED) is 0.651. The lowest BCUT2D eigenvalue weighted by molar-refractivity contribution is -0.384. The molecular weight excluding hydrogens is 259 g/mol. The van der Waals surface area contributed by atoms with E-state index in [4.69, 9.17) is 5.11 Å². The summed E-state index contributed by atoms with van der Waals surface area (Å²) in [5, 5.41) is 19.4. The highest BCUT2D eigenvalue weighted by Gasteiger charge is 2.19. The highest BCUT2D eigenvalue weighted by atomic mass is 19.1. The smallest absolute Gasteiger partial charge is 0.336 e. The molecule has 1 N–H and O–H groups in total. The molecule has 0 unspecified atom stereocenters. The molecule has 0 amide bonds. The van der Waals surface area contributed by atoms with Gasteiger partial charge >= 0.3 is 5.97 Å². The van der Waals surface area contributed by atoms with E-state index in [1.54, 1.807) is 0 Å². The second-order valence-electron chi connectivity index (χ2n) is 3.84. The summed E-state index contributed by atoms with van der Waals surface area (Å²) < 4.78 is 14.7. The van der Waals surface area contributed by atoms with E-state index in [-0.39, 0.29) is 10.9 Å². The first-order chi connectivity index (χ1) is 8.82. The average Bonchev–Trinajstić information content (AvgIpc) is 2.32. The Bertz CT molecular complexity index is 781. The summed E-state index contributed by atoms with van der Waals surface area (Å²) in [4.78, 5) is 32.4. The largest absolute Gasteiger partial charge is 0.478 e. The molecule has 1 aromatic carbocycles. The number of fused-ring (bicyclic) bond motifs is 1. The number of halogens is 1. The van der Waals surface area contributed by atoms with Crippen molar-refractivity contribution >= 4 is 22.6 Å². The maximum atomic E-state index is 13.8. The Morgan fingerprint density at radius 2 is 2.05 bits per heavy atom. The van der Waals surface area contributed by atoms with E-state index >= 15 is 0 Å². The normalized spacial score (nSPS) is 10.6. The van der Waals surface area contributed by atoms with Crippen LogP contribution < -0.4 is 5.56 Å². The second kappa shape index (κ2) is 4.16. The van der Waals surface area contributed by atoms with Crippen LogP contribution in [0, 0.1) is 15.9 Å². The van der Waals surface area contributed by atoms with Crippen LogP contribution in [0.15, 0.2) is 23.0 Å². The fraction of sp³-hybridized carbons (Fsp3) is 0.0909. The van der Waals surface area contributed by atoms with Gasteiger partial charge in [0.2, 0.25) is 0 Å². The number of non-ortho nitro benzene ring substituents is 1. The summed E-state index contributed by atoms with van der Waals surface area (Å²) >= 11 is 0. The Kier molecular flexibility index (Phi) is 2.78. The third-order valence-corrected chi connectivity index (χ3v) is 2.71. The third-order valence-electron chi connectivity index (χ3n) is 2.71. The van der Waals surface area contributed by atoms with Crippen molar-refractivity contribution in [2.24, 2.45) is 7.05 Å². The second-order valence-corrected chi connectivity index (χ2v) is 3.84. The van der Waals surface area contributed by atoms with Gasteiger partial charge in [-0.1, -0.05) is 0 Å². The van der Waals surface area contributed by atoms with Crippen LogP contribution in [-0.2, 0) is 7.05 Å². The molecule has 0 fully saturated rings. The van der Waals surface area contributed by atoms with Crippen LogP contribution in [0.5, 0.6) is 0 Å². The number of nitro benzene ring substituents is 1. The first-order valence-electron chi connectivity index (χ1n) is 5.04. The highest BCUT2D eigenvalue weighted by molar-refractivity contribution is 6.03. The number of nitrogens with zero attached hydrogens (tertiary/aromatic N) is 2. The minimum Gasteiger partial charge on any atom is -0.478 e. The van der Waals surface area contributed by atoms with E-state index in [1.165, 1.54) is 7.05 Å². The molecule has 0 atom stereocenters. The van der Waals surface area contributed by atoms with Crippen LogP contribution in [0.25, 0.3) is 10.9 Å². The van der Waals surface area contributed by atoms with Crippen LogP contribution in [0.4, 0.5) is 10.1 Å². The molecule has 2 rings (SSSR count). The van der Waals surface area contributed by atoms with Crippen molar-refractivity contribution in [2.75, 3.05) is 0 Å². The zero-order valence-corrected chi connectivity index (χ0v) is 9.58. The molecule has 0 spiro atoms. The fourth-order valence-electron chi connectivity index (χ4n) is 1.82. The van der Waals surface area contributed by atoms with Gasteiger partial charge in [0, 0.05) is 24.6 Å².